The summed E-state index contributed by atoms with van der Waals surface area (Å²) in [6.07, 6.45) is 3.40. The molecule has 2 aliphatic heterocycles. The smallest absolute Gasteiger partial charge is 0.272 e. The van der Waals surface area contributed by atoms with E-state index in [1.807, 2.05) is 67.9 Å². The van der Waals surface area contributed by atoms with Gasteiger partial charge in [-0.2, -0.15) is 5.10 Å². The second kappa shape index (κ2) is 7.65. The number of hydrogen-bond acceptors (Lipinski definition) is 5. The van der Waals surface area contributed by atoms with Gasteiger partial charge in [0.1, 0.15) is 22.8 Å². The number of aryl methyl sites for hydroxylation is 2. The number of likely N-dealkylation sites (tertiary alicyclic amines) is 1. The van der Waals surface area contributed by atoms with Crippen LogP contribution in [0, 0.1) is 6.92 Å². The molecule has 0 N–H and O–H groups in total. The molecule has 32 heavy (non-hydrogen) atoms. The highest BCUT2D eigenvalue weighted by atomic mass is 16.5. The second-order valence-electron chi connectivity index (χ2n) is 8.86. The van der Waals surface area contributed by atoms with Crippen LogP contribution in [-0.4, -0.2) is 44.8 Å². The van der Waals surface area contributed by atoms with Crippen molar-refractivity contribution in [2.24, 2.45) is 7.05 Å². The standard InChI is InChI=1S/C25H28N4O3/c1-16(2)31-21-10-9-20(27-17(21)3)24(30)29-13-11-25(12-14-29)19-15-26-28(4)23(19)18-7-5-6-8-22(18)32-25/h5-10,15-16H,11-14H2,1-4H3. The van der Waals surface area contributed by atoms with Crippen molar-refractivity contribution >= 4 is 5.91 Å². The van der Waals surface area contributed by atoms with Gasteiger partial charge in [-0.15, -0.1) is 0 Å². The van der Waals surface area contributed by atoms with Gasteiger partial charge < -0.3 is 14.4 Å². The Balaban J connectivity index is 1.36. The van der Waals surface area contributed by atoms with Crippen molar-refractivity contribution in [1.82, 2.24) is 19.7 Å². The highest BCUT2D eigenvalue weighted by molar-refractivity contribution is 5.92. The molecule has 0 unspecified atom stereocenters. The Bertz CT molecular complexity index is 1180. The van der Waals surface area contributed by atoms with Crippen LogP contribution in [0.15, 0.2) is 42.6 Å². The molecule has 0 atom stereocenters. The Kier molecular flexibility index (Phi) is 4.92. The van der Waals surface area contributed by atoms with Gasteiger partial charge in [0, 0.05) is 44.1 Å². The molecule has 2 aromatic heterocycles. The molecule has 1 amide bonds. The van der Waals surface area contributed by atoms with Crippen LogP contribution < -0.4 is 9.47 Å². The van der Waals surface area contributed by atoms with Gasteiger partial charge >= 0.3 is 0 Å². The third-order valence-corrected chi connectivity index (χ3v) is 6.35. The SMILES string of the molecule is Cc1nc(C(=O)N2CCC3(CC2)Oc2ccccc2-c2c3cnn2C)ccc1OC(C)C. The molecule has 7 nitrogen and oxygen atoms in total. The van der Waals surface area contributed by atoms with E-state index in [9.17, 15) is 4.79 Å². The Labute approximate surface area is 188 Å². The fourth-order valence-corrected chi connectivity index (χ4v) is 4.76. The van der Waals surface area contributed by atoms with Gasteiger partial charge in [-0.3, -0.25) is 9.48 Å². The first-order valence-corrected chi connectivity index (χ1v) is 11.1. The van der Waals surface area contributed by atoms with Crippen molar-refractivity contribution in [3.8, 4) is 22.8 Å². The van der Waals surface area contributed by atoms with E-state index in [-0.39, 0.29) is 12.0 Å². The molecule has 4 heterocycles. The predicted molar refractivity (Wildman–Crippen MR) is 121 cm³/mol. The molecule has 3 aromatic rings. The number of hydrogen-bond donors (Lipinski definition) is 0. The molecule has 1 spiro atoms. The van der Waals surface area contributed by atoms with E-state index in [1.54, 1.807) is 6.07 Å². The van der Waals surface area contributed by atoms with Crippen LogP contribution in [-0.2, 0) is 12.6 Å². The number of para-hydroxylation sites is 1. The molecule has 0 bridgehead atoms. The monoisotopic (exact) mass is 432 g/mol. The lowest BCUT2D eigenvalue weighted by atomic mass is 9.81. The van der Waals surface area contributed by atoms with Crippen LogP contribution in [0.25, 0.3) is 11.3 Å². The number of piperidine rings is 1. The van der Waals surface area contributed by atoms with Gasteiger partial charge in [0.2, 0.25) is 0 Å². The number of benzene rings is 1. The lowest BCUT2D eigenvalue weighted by molar-refractivity contribution is -0.00190. The quantitative estimate of drug-likeness (QED) is 0.623. The third-order valence-electron chi connectivity index (χ3n) is 6.35. The highest BCUT2D eigenvalue weighted by Gasteiger charge is 2.46. The molecule has 0 radical (unpaired) electrons. The minimum atomic E-state index is -0.465. The van der Waals surface area contributed by atoms with E-state index in [4.69, 9.17) is 9.47 Å². The number of pyridine rings is 1. The lowest BCUT2D eigenvalue weighted by Crippen LogP contribution is -2.49. The Hall–Kier alpha value is -3.35. The number of rotatable bonds is 3. The normalized spacial score (nSPS) is 16.5. The first-order chi connectivity index (χ1) is 15.4. The number of nitrogens with zero attached hydrogens (tertiary/aromatic N) is 4. The Morgan fingerprint density at radius 1 is 1.16 bits per heavy atom. The minimum absolute atomic E-state index is 0.0540. The van der Waals surface area contributed by atoms with Crippen molar-refractivity contribution in [3.05, 3.63) is 59.5 Å². The zero-order chi connectivity index (χ0) is 22.5. The molecule has 5 rings (SSSR count). The summed E-state index contributed by atoms with van der Waals surface area (Å²) in [6, 6.07) is 11.7. The largest absolute Gasteiger partial charge is 0.489 e. The van der Waals surface area contributed by atoms with Gasteiger partial charge in [-0.25, -0.2) is 4.98 Å². The average Bonchev–Trinajstić information content (AvgIpc) is 3.18. The summed E-state index contributed by atoms with van der Waals surface area (Å²) in [5.74, 6) is 1.54. The molecule has 2 aliphatic rings. The summed E-state index contributed by atoms with van der Waals surface area (Å²) in [4.78, 5) is 19.6. The average molecular weight is 433 g/mol. The van der Waals surface area contributed by atoms with Crippen molar-refractivity contribution in [3.63, 3.8) is 0 Å². The van der Waals surface area contributed by atoms with Gasteiger partial charge in [0.15, 0.2) is 0 Å². The number of fused-ring (bicyclic) bond motifs is 4. The first kappa shape index (κ1) is 20.5. The van der Waals surface area contributed by atoms with Crippen LogP contribution in [0.3, 0.4) is 0 Å². The van der Waals surface area contributed by atoms with Crippen molar-refractivity contribution < 1.29 is 14.3 Å². The first-order valence-electron chi connectivity index (χ1n) is 11.1. The number of aromatic nitrogens is 3. The maximum absolute atomic E-state index is 13.2. The number of carbonyl (C=O) groups excluding carboxylic acids is 1. The van der Waals surface area contributed by atoms with Crippen LogP contribution in [0.1, 0.15) is 48.4 Å². The van der Waals surface area contributed by atoms with E-state index in [2.05, 4.69) is 16.1 Å². The fourth-order valence-electron chi connectivity index (χ4n) is 4.76. The van der Waals surface area contributed by atoms with Crippen LogP contribution in [0.4, 0.5) is 0 Å². The summed E-state index contributed by atoms with van der Waals surface area (Å²) < 4.78 is 14.3. The molecular formula is C25H28N4O3. The zero-order valence-corrected chi connectivity index (χ0v) is 19.0. The molecule has 1 saturated heterocycles. The second-order valence-corrected chi connectivity index (χ2v) is 8.86. The number of ether oxygens (including phenoxy) is 2. The molecule has 0 aliphatic carbocycles. The van der Waals surface area contributed by atoms with E-state index >= 15 is 0 Å². The Morgan fingerprint density at radius 2 is 1.91 bits per heavy atom. The summed E-state index contributed by atoms with van der Waals surface area (Å²) in [6.45, 7) is 7.01. The number of amides is 1. The van der Waals surface area contributed by atoms with Crippen molar-refractivity contribution in [2.75, 3.05) is 13.1 Å². The van der Waals surface area contributed by atoms with Crippen LogP contribution in [0.5, 0.6) is 11.5 Å². The molecule has 0 saturated carbocycles. The maximum atomic E-state index is 13.2. The van der Waals surface area contributed by atoms with E-state index < -0.39 is 5.60 Å². The van der Waals surface area contributed by atoms with Gasteiger partial charge in [0.25, 0.3) is 5.91 Å². The lowest BCUT2D eigenvalue weighted by Gasteiger charge is -2.44. The van der Waals surface area contributed by atoms with Gasteiger partial charge in [-0.05, 0) is 45.0 Å². The van der Waals surface area contributed by atoms with Crippen molar-refractivity contribution in [2.45, 2.75) is 45.3 Å². The third kappa shape index (κ3) is 3.32. The topological polar surface area (TPSA) is 69.5 Å². The summed E-state index contributed by atoms with van der Waals surface area (Å²) >= 11 is 0. The fraction of sp³-hybridized carbons (Fsp3) is 0.400. The molecular weight excluding hydrogens is 404 g/mol. The minimum Gasteiger partial charge on any atom is -0.489 e. The van der Waals surface area contributed by atoms with E-state index in [1.165, 1.54) is 0 Å². The summed E-state index contributed by atoms with van der Waals surface area (Å²) in [7, 11) is 1.97. The van der Waals surface area contributed by atoms with E-state index in [0.717, 1.165) is 28.3 Å². The van der Waals surface area contributed by atoms with Crippen LogP contribution in [0.2, 0.25) is 0 Å². The number of carbonyl (C=O) groups is 1. The predicted octanol–water partition coefficient (Wildman–Crippen LogP) is 4.10. The summed E-state index contributed by atoms with van der Waals surface area (Å²) in [5.41, 5.74) is 3.99. The summed E-state index contributed by atoms with van der Waals surface area (Å²) in [5, 5.41) is 4.52. The van der Waals surface area contributed by atoms with Gasteiger partial charge in [0.05, 0.1) is 23.7 Å². The highest BCUT2D eigenvalue weighted by Crippen LogP contribution is 2.49. The van der Waals surface area contributed by atoms with Crippen molar-refractivity contribution in [1.29, 1.82) is 0 Å². The molecule has 1 fully saturated rings. The molecule has 166 valence electrons. The zero-order valence-electron chi connectivity index (χ0n) is 19.0. The maximum Gasteiger partial charge on any atom is 0.272 e. The molecule has 1 aromatic carbocycles. The Morgan fingerprint density at radius 3 is 2.62 bits per heavy atom. The van der Waals surface area contributed by atoms with Gasteiger partial charge in [-0.1, -0.05) is 12.1 Å². The molecule has 7 heteroatoms. The van der Waals surface area contributed by atoms with E-state index in [0.29, 0.717) is 37.4 Å². The van der Waals surface area contributed by atoms with Crippen LogP contribution >= 0.6 is 0 Å².